The number of carbonyl (C=O) groups is 1. The van der Waals surface area contributed by atoms with E-state index in [0.717, 1.165) is 29.7 Å². The number of nitrogens with zero attached hydrogens (tertiary/aromatic N) is 1. The molecule has 33 heavy (non-hydrogen) atoms. The van der Waals surface area contributed by atoms with Gasteiger partial charge in [-0.05, 0) is 23.3 Å². The number of benzene rings is 3. The average molecular weight is 474 g/mol. The summed E-state index contributed by atoms with van der Waals surface area (Å²) < 4.78 is 66.5. The quantitative estimate of drug-likeness (QED) is 0.227. The van der Waals surface area contributed by atoms with Crippen LogP contribution >= 0.6 is 0 Å². The van der Waals surface area contributed by atoms with Gasteiger partial charge >= 0.3 is 5.51 Å². The third-order valence-electron chi connectivity index (χ3n) is 5.74. The minimum absolute atomic E-state index is 0.0884. The first-order valence-corrected chi connectivity index (χ1v) is 12.1. The number of carbonyl (C=O) groups excluding carboxylic acids is 1. The molecule has 4 rings (SSSR count). The maximum atomic E-state index is 13.6. The van der Waals surface area contributed by atoms with Gasteiger partial charge in [-0.1, -0.05) is 74.4 Å². The van der Waals surface area contributed by atoms with Gasteiger partial charge in [0.1, 0.15) is 4.90 Å². The topological polar surface area (TPSA) is 56.1 Å². The van der Waals surface area contributed by atoms with E-state index in [1.54, 1.807) is 18.2 Å². The van der Waals surface area contributed by atoms with Crippen LogP contribution in [0.15, 0.2) is 71.8 Å². The summed E-state index contributed by atoms with van der Waals surface area (Å²) in [6.45, 7) is 2.29. The Bertz CT molecular complexity index is 1450. The molecule has 0 atom stereocenters. The van der Waals surface area contributed by atoms with Crippen molar-refractivity contribution in [1.82, 2.24) is 4.57 Å². The molecule has 0 spiro atoms. The smallest absolute Gasteiger partial charge is 0.346 e. The minimum Gasteiger partial charge on any atom is -0.346 e. The lowest BCUT2D eigenvalue weighted by Crippen LogP contribution is -2.24. The number of hydrogen-bond acceptors (Lipinski definition) is 3. The van der Waals surface area contributed by atoms with Crippen molar-refractivity contribution in [1.29, 1.82) is 0 Å². The van der Waals surface area contributed by atoms with Crippen molar-refractivity contribution in [2.45, 2.75) is 43.1 Å². The normalized spacial score (nSPS) is 12.5. The van der Waals surface area contributed by atoms with Gasteiger partial charge in [-0.15, -0.1) is 0 Å². The van der Waals surface area contributed by atoms with Gasteiger partial charge in [0.05, 0.1) is 5.52 Å². The molecule has 0 bridgehead atoms. The number of para-hydroxylation sites is 1. The molecule has 1 aromatic heterocycles. The molecule has 0 saturated heterocycles. The molecule has 8 heteroatoms. The van der Waals surface area contributed by atoms with Crippen molar-refractivity contribution in [2.24, 2.45) is 0 Å². The molecule has 0 N–H and O–H groups in total. The molecular weight excluding hydrogens is 451 g/mol. The van der Waals surface area contributed by atoms with Crippen LogP contribution in [0.2, 0.25) is 0 Å². The molecule has 0 aliphatic carbocycles. The molecule has 0 amide bonds. The van der Waals surface area contributed by atoms with E-state index in [1.807, 2.05) is 31.2 Å². The van der Waals surface area contributed by atoms with Gasteiger partial charge in [0.25, 0.3) is 9.84 Å². The maximum Gasteiger partial charge on any atom is 0.501 e. The average Bonchev–Trinajstić information content (AvgIpc) is 3.16. The summed E-state index contributed by atoms with van der Waals surface area (Å²) in [4.78, 5) is 12.8. The van der Waals surface area contributed by atoms with Crippen molar-refractivity contribution in [3.05, 3.63) is 78.0 Å². The fourth-order valence-corrected chi connectivity index (χ4v) is 5.11. The first-order valence-electron chi connectivity index (χ1n) is 10.6. The number of halogens is 3. The third-order valence-corrected chi connectivity index (χ3v) is 7.25. The number of sulfone groups is 1. The zero-order valence-electron chi connectivity index (χ0n) is 17.9. The Morgan fingerprint density at radius 2 is 1.55 bits per heavy atom. The van der Waals surface area contributed by atoms with Crippen LogP contribution in [-0.2, 0) is 16.4 Å². The van der Waals surface area contributed by atoms with E-state index in [0.29, 0.717) is 18.5 Å². The fourth-order valence-electron chi connectivity index (χ4n) is 4.13. The summed E-state index contributed by atoms with van der Waals surface area (Å²) >= 11 is 0. The largest absolute Gasteiger partial charge is 0.501 e. The van der Waals surface area contributed by atoms with Crippen LogP contribution in [0.1, 0.15) is 42.1 Å². The van der Waals surface area contributed by atoms with Crippen LogP contribution in [0.4, 0.5) is 13.2 Å². The van der Waals surface area contributed by atoms with E-state index in [-0.39, 0.29) is 22.2 Å². The number of alkyl halides is 3. The van der Waals surface area contributed by atoms with Crippen molar-refractivity contribution < 1.29 is 26.4 Å². The lowest BCUT2D eigenvalue weighted by molar-refractivity contribution is -0.0435. The summed E-state index contributed by atoms with van der Waals surface area (Å²) in [5.74, 6) is -0.368. The summed E-state index contributed by atoms with van der Waals surface area (Å²) in [6.07, 6.45) is 3.83. The molecule has 4 aromatic rings. The highest BCUT2D eigenvalue weighted by Gasteiger charge is 2.48. The lowest BCUT2D eigenvalue weighted by Gasteiger charge is -2.12. The molecular formula is C25H22F3NO3S. The second-order valence-corrected chi connectivity index (χ2v) is 9.81. The van der Waals surface area contributed by atoms with Gasteiger partial charge in [0, 0.05) is 29.3 Å². The minimum atomic E-state index is -5.60. The Morgan fingerprint density at radius 1 is 0.879 bits per heavy atom. The molecule has 0 fully saturated rings. The van der Waals surface area contributed by atoms with E-state index in [2.05, 4.69) is 0 Å². The van der Waals surface area contributed by atoms with Gasteiger partial charge in [0.2, 0.25) is 0 Å². The zero-order valence-corrected chi connectivity index (χ0v) is 18.7. The molecule has 3 aromatic carbocycles. The van der Waals surface area contributed by atoms with E-state index < -0.39 is 20.2 Å². The molecule has 0 saturated carbocycles. The van der Waals surface area contributed by atoms with E-state index >= 15 is 0 Å². The summed E-state index contributed by atoms with van der Waals surface area (Å²) in [5.41, 5.74) is -4.95. The van der Waals surface area contributed by atoms with Crippen LogP contribution in [0.3, 0.4) is 0 Å². The predicted octanol–water partition coefficient (Wildman–Crippen LogP) is 6.51. The van der Waals surface area contributed by atoms with Gasteiger partial charge in [-0.25, -0.2) is 8.42 Å². The molecule has 0 aliphatic heterocycles. The molecule has 0 unspecified atom stereocenters. The van der Waals surface area contributed by atoms with Crippen molar-refractivity contribution in [2.75, 3.05) is 0 Å². The Morgan fingerprint density at radius 3 is 2.27 bits per heavy atom. The number of fused-ring (bicyclic) bond motifs is 2. The van der Waals surface area contributed by atoms with Crippen LogP contribution in [-0.4, -0.2) is 24.3 Å². The maximum absolute atomic E-state index is 13.6. The SMILES string of the molecule is CCCCCn1cc(C(=O)c2cccc3ccccc23)c2cccc(S(=O)(=O)C(F)(F)F)c21. The summed E-state index contributed by atoms with van der Waals surface area (Å²) in [7, 11) is -5.60. The first kappa shape index (κ1) is 23.0. The zero-order chi connectivity index (χ0) is 23.8. The van der Waals surface area contributed by atoms with Gasteiger partial charge < -0.3 is 4.57 Å². The highest BCUT2D eigenvalue weighted by Crippen LogP contribution is 2.37. The van der Waals surface area contributed by atoms with Crippen LogP contribution in [0, 0.1) is 0 Å². The summed E-state index contributed by atoms with van der Waals surface area (Å²) in [5, 5.41) is 1.76. The molecule has 0 radical (unpaired) electrons. The lowest BCUT2D eigenvalue weighted by atomic mass is 9.97. The van der Waals surface area contributed by atoms with E-state index in [4.69, 9.17) is 0 Å². The highest BCUT2D eigenvalue weighted by molar-refractivity contribution is 7.92. The first-order chi connectivity index (χ1) is 15.7. The van der Waals surface area contributed by atoms with Crippen molar-refractivity contribution in [3.8, 4) is 0 Å². The number of hydrogen-bond donors (Lipinski definition) is 0. The Balaban J connectivity index is 1.96. The number of aromatic nitrogens is 1. The number of unbranched alkanes of at least 4 members (excludes halogenated alkanes) is 2. The molecule has 1 heterocycles. The molecule has 172 valence electrons. The van der Waals surface area contributed by atoms with Gasteiger partial charge in [-0.2, -0.15) is 13.2 Å². The third kappa shape index (κ3) is 4.04. The van der Waals surface area contributed by atoms with Crippen LogP contribution < -0.4 is 0 Å². The Labute approximate surface area is 189 Å². The van der Waals surface area contributed by atoms with Crippen LogP contribution in [0.5, 0.6) is 0 Å². The number of aryl methyl sites for hydroxylation is 1. The number of ketones is 1. The van der Waals surface area contributed by atoms with Crippen LogP contribution in [0.25, 0.3) is 21.7 Å². The Hall–Kier alpha value is -3.13. The standard InChI is InChI=1S/C25H22F3NO3S/c1-2-3-6-15-29-16-21(24(30)20-13-7-10-17-9-4-5-11-18(17)20)19-12-8-14-22(23(19)29)33(31,32)25(26,27)28/h4-5,7-14,16H,2-3,6,15H2,1H3. The predicted molar refractivity (Wildman–Crippen MR) is 122 cm³/mol. The Kier molecular flexibility index (Phi) is 6.05. The van der Waals surface area contributed by atoms with Gasteiger partial charge in [-0.3, -0.25) is 4.79 Å². The van der Waals surface area contributed by atoms with Crippen molar-refractivity contribution >= 4 is 37.3 Å². The number of rotatable bonds is 7. The fraction of sp³-hybridized carbons (Fsp3) is 0.240. The summed E-state index contributed by atoms with van der Waals surface area (Å²) in [6, 6.07) is 16.3. The highest BCUT2D eigenvalue weighted by atomic mass is 32.2. The monoisotopic (exact) mass is 473 g/mol. The second-order valence-electron chi connectivity index (χ2n) is 7.90. The second kappa shape index (κ2) is 8.67. The van der Waals surface area contributed by atoms with Crippen molar-refractivity contribution in [3.63, 3.8) is 0 Å². The van der Waals surface area contributed by atoms with E-state index in [9.17, 15) is 26.4 Å². The molecule has 4 nitrogen and oxygen atoms in total. The van der Waals surface area contributed by atoms with Gasteiger partial charge in [0.15, 0.2) is 5.78 Å². The van der Waals surface area contributed by atoms with E-state index in [1.165, 1.54) is 22.9 Å². The molecule has 0 aliphatic rings.